The lowest BCUT2D eigenvalue weighted by molar-refractivity contribution is 0.102. The molecule has 0 aliphatic carbocycles. The number of thiol groups is 1. The van der Waals surface area contributed by atoms with Crippen molar-refractivity contribution in [1.29, 1.82) is 0 Å². The Morgan fingerprint density at radius 3 is 2.65 bits per heavy atom. The number of aromatic nitrogens is 4. The first kappa shape index (κ1) is 15.0. The van der Waals surface area contributed by atoms with Crippen molar-refractivity contribution >= 4 is 24.2 Å². The average Bonchev–Trinajstić information content (AvgIpc) is 3.01. The Balaban J connectivity index is 1.80. The van der Waals surface area contributed by atoms with E-state index in [0.717, 1.165) is 0 Å². The Bertz CT molecular complexity index is 832. The van der Waals surface area contributed by atoms with E-state index in [4.69, 9.17) is 4.74 Å². The zero-order chi connectivity index (χ0) is 16.2. The van der Waals surface area contributed by atoms with Crippen LogP contribution in [0.15, 0.2) is 53.7 Å². The van der Waals surface area contributed by atoms with Crippen LogP contribution in [-0.2, 0) is 0 Å². The zero-order valence-corrected chi connectivity index (χ0v) is 13.1. The summed E-state index contributed by atoms with van der Waals surface area (Å²) in [6.45, 7) is 0. The minimum absolute atomic E-state index is 0.215. The maximum absolute atomic E-state index is 12.3. The van der Waals surface area contributed by atoms with E-state index in [1.165, 1.54) is 4.68 Å². The monoisotopic (exact) mass is 327 g/mol. The van der Waals surface area contributed by atoms with Crippen LogP contribution in [-0.4, -0.2) is 33.2 Å². The highest BCUT2D eigenvalue weighted by Crippen LogP contribution is 2.17. The number of tetrazole rings is 1. The normalized spacial score (nSPS) is 10.3. The van der Waals surface area contributed by atoms with Gasteiger partial charge in [0.25, 0.3) is 5.91 Å². The summed E-state index contributed by atoms with van der Waals surface area (Å²) in [5, 5.41) is 14.3. The summed E-state index contributed by atoms with van der Waals surface area (Å²) in [6, 6.07) is 14.0. The van der Waals surface area contributed by atoms with Crippen LogP contribution >= 0.6 is 12.6 Å². The minimum Gasteiger partial charge on any atom is -0.497 e. The SMILES string of the molecule is COc1ccc(C(=O)Nc2cccc(-n3nnnc3S)c2)cc1. The molecular formula is C15H13N5O2S. The Labute approximate surface area is 137 Å². The van der Waals surface area contributed by atoms with Gasteiger partial charge in [-0.25, -0.2) is 0 Å². The van der Waals surface area contributed by atoms with Gasteiger partial charge in [0.05, 0.1) is 12.8 Å². The lowest BCUT2D eigenvalue weighted by Crippen LogP contribution is -2.12. The molecule has 2 aromatic carbocycles. The number of hydrogen-bond acceptors (Lipinski definition) is 6. The molecule has 3 aromatic rings. The summed E-state index contributed by atoms with van der Waals surface area (Å²) < 4.78 is 6.54. The molecule has 1 heterocycles. The Morgan fingerprint density at radius 1 is 1.22 bits per heavy atom. The largest absolute Gasteiger partial charge is 0.497 e. The predicted molar refractivity (Wildman–Crippen MR) is 87.4 cm³/mol. The third kappa shape index (κ3) is 3.32. The molecule has 1 aromatic heterocycles. The number of benzene rings is 2. The second-order valence-electron chi connectivity index (χ2n) is 4.62. The molecule has 0 fully saturated rings. The van der Waals surface area contributed by atoms with Crippen LogP contribution in [0, 0.1) is 0 Å². The number of carbonyl (C=O) groups is 1. The van der Waals surface area contributed by atoms with E-state index in [2.05, 4.69) is 33.5 Å². The first-order valence-corrected chi connectivity index (χ1v) is 7.15. The van der Waals surface area contributed by atoms with Gasteiger partial charge < -0.3 is 10.1 Å². The predicted octanol–water partition coefficient (Wildman–Crippen LogP) is 2.21. The van der Waals surface area contributed by atoms with E-state index < -0.39 is 0 Å². The van der Waals surface area contributed by atoms with Crippen LogP contribution in [0.4, 0.5) is 5.69 Å². The molecule has 0 aliphatic heterocycles. The molecule has 3 rings (SSSR count). The molecule has 0 spiro atoms. The molecule has 23 heavy (non-hydrogen) atoms. The summed E-state index contributed by atoms with van der Waals surface area (Å²) >= 11 is 4.17. The number of methoxy groups -OCH3 is 1. The minimum atomic E-state index is -0.215. The second-order valence-corrected chi connectivity index (χ2v) is 5.02. The van der Waals surface area contributed by atoms with Gasteiger partial charge in [0, 0.05) is 11.3 Å². The molecule has 0 aliphatic rings. The number of ether oxygens (including phenoxy) is 1. The van der Waals surface area contributed by atoms with Crippen LogP contribution in [0.25, 0.3) is 5.69 Å². The van der Waals surface area contributed by atoms with Gasteiger partial charge >= 0.3 is 0 Å². The number of hydrogen-bond donors (Lipinski definition) is 2. The molecule has 0 saturated heterocycles. The second kappa shape index (κ2) is 6.49. The average molecular weight is 327 g/mol. The number of rotatable bonds is 4. The van der Waals surface area contributed by atoms with Crippen molar-refractivity contribution in [1.82, 2.24) is 20.2 Å². The van der Waals surface area contributed by atoms with Gasteiger partial charge in [-0.3, -0.25) is 4.79 Å². The molecule has 1 N–H and O–H groups in total. The van der Waals surface area contributed by atoms with Crippen LogP contribution in [0.3, 0.4) is 0 Å². The van der Waals surface area contributed by atoms with Gasteiger partial charge in [0.2, 0.25) is 5.16 Å². The van der Waals surface area contributed by atoms with Crippen molar-refractivity contribution in [2.75, 3.05) is 12.4 Å². The van der Waals surface area contributed by atoms with Crippen LogP contribution < -0.4 is 10.1 Å². The summed E-state index contributed by atoms with van der Waals surface area (Å²) in [5.74, 6) is 0.483. The van der Waals surface area contributed by atoms with Crippen molar-refractivity contribution < 1.29 is 9.53 Å². The maximum Gasteiger partial charge on any atom is 0.255 e. The summed E-state index contributed by atoms with van der Waals surface area (Å²) in [7, 11) is 1.58. The fraction of sp³-hybridized carbons (Fsp3) is 0.0667. The van der Waals surface area contributed by atoms with Gasteiger partial charge in [-0.2, -0.15) is 4.68 Å². The quantitative estimate of drug-likeness (QED) is 0.718. The fourth-order valence-corrected chi connectivity index (χ4v) is 2.21. The molecule has 7 nitrogen and oxygen atoms in total. The molecule has 0 saturated carbocycles. The highest BCUT2D eigenvalue weighted by molar-refractivity contribution is 7.80. The molecule has 1 amide bonds. The smallest absolute Gasteiger partial charge is 0.255 e. The molecule has 0 unspecified atom stereocenters. The molecule has 0 atom stereocenters. The number of anilines is 1. The van der Waals surface area contributed by atoms with E-state index >= 15 is 0 Å². The van der Waals surface area contributed by atoms with Crippen LogP contribution in [0.5, 0.6) is 5.75 Å². The van der Waals surface area contributed by atoms with Crippen molar-refractivity contribution in [3.63, 3.8) is 0 Å². The van der Waals surface area contributed by atoms with Gasteiger partial charge in [-0.05, 0) is 52.9 Å². The molecule has 0 bridgehead atoms. The number of carbonyl (C=O) groups excluding carboxylic acids is 1. The third-order valence-electron chi connectivity index (χ3n) is 3.15. The van der Waals surface area contributed by atoms with E-state index in [1.54, 1.807) is 49.6 Å². The molecule has 116 valence electrons. The van der Waals surface area contributed by atoms with E-state index in [1.807, 2.05) is 6.07 Å². The number of nitrogens with zero attached hydrogens (tertiary/aromatic N) is 4. The van der Waals surface area contributed by atoms with Crippen molar-refractivity contribution in [2.45, 2.75) is 5.16 Å². The molecule has 8 heteroatoms. The summed E-state index contributed by atoms with van der Waals surface area (Å²) in [6.07, 6.45) is 0. The molecular weight excluding hydrogens is 314 g/mol. The topological polar surface area (TPSA) is 81.9 Å². The van der Waals surface area contributed by atoms with Gasteiger partial charge in [0.1, 0.15) is 5.75 Å². The van der Waals surface area contributed by atoms with Gasteiger partial charge in [-0.15, -0.1) is 17.7 Å². The summed E-state index contributed by atoms with van der Waals surface area (Å²) in [5.41, 5.74) is 1.87. The lowest BCUT2D eigenvalue weighted by Gasteiger charge is -2.08. The third-order valence-corrected chi connectivity index (χ3v) is 3.43. The number of amides is 1. The van der Waals surface area contributed by atoms with E-state index in [-0.39, 0.29) is 5.91 Å². The first-order chi connectivity index (χ1) is 11.2. The van der Waals surface area contributed by atoms with Crippen molar-refractivity contribution in [3.8, 4) is 11.4 Å². The number of nitrogens with one attached hydrogen (secondary N) is 1. The highest BCUT2D eigenvalue weighted by atomic mass is 32.1. The zero-order valence-electron chi connectivity index (χ0n) is 12.2. The van der Waals surface area contributed by atoms with Crippen molar-refractivity contribution in [3.05, 3.63) is 54.1 Å². The maximum atomic E-state index is 12.3. The van der Waals surface area contributed by atoms with E-state index in [0.29, 0.717) is 27.8 Å². The van der Waals surface area contributed by atoms with Crippen molar-refractivity contribution in [2.24, 2.45) is 0 Å². The van der Waals surface area contributed by atoms with E-state index in [9.17, 15) is 4.79 Å². The molecule has 0 radical (unpaired) electrons. The summed E-state index contributed by atoms with van der Waals surface area (Å²) in [4.78, 5) is 12.3. The first-order valence-electron chi connectivity index (χ1n) is 6.70. The highest BCUT2D eigenvalue weighted by Gasteiger charge is 2.09. The Kier molecular flexibility index (Phi) is 4.24. The lowest BCUT2D eigenvalue weighted by atomic mass is 10.2. The Morgan fingerprint density at radius 2 is 2.00 bits per heavy atom. The fourth-order valence-electron chi connectivity index (χ4n) is 2.01. The standard InChI is InChI=1S/C15H13N5O2S/c1-22-13-7-5-10(6-8-13)14(21)16-11-3-2-4-12(9-11)20-15(23)17-18-19-20/h2-9H,1H3,(H,16,21)(H,17,19,23). The van der Waals surface area contributed by atoms with Crippen LogP contribution in [0.1, 0.15) is 10.4 Å². The van der Waals surface area contributed by atoms with Gasteiger partial charge in [0.15, 0.2) is 0 Å². The van der Waals surface area contributed by atoms with Gasteiger partial charge in [-0.1, -0.05) is 6.07 Å². The Hall–Kier alpha value is -2.87. The van der Waals surface area contributed by atoms with Crippen LogP contribution in [0.2, 0.25) is 0 Å².